The van der Waals surface area contributed by atoms with Crippen LogP contribution in [0, 0.1) is 0 Å². The molecule has 1 atom stereocenters. The Hall–Kier alpha value is -0.0800. The maximum absolute atomic E-state index is 3.57. The van der Waals surface area contributed by atoms with E-state index in [1.54, 1.807) is 0 Å². The Kier molecular flexibility index (Phi) is 7.87. The molecule has 0 bridgehead atoms. The van der Waals surface area contributed by atoms with Gasteiger partial charge >= 0.3 is 0 Å². The molecule has 1 heterocycles. The first-order chi connectivity index (χ1) is 7.84. The van der Waals surface area contributed by atoms with E-state index >= 15 is 0 Å². The van der Waals surface area contributed by atoms with Crippen LogP contribution in [0.1, 0.15) is 58.8 Å². The average Bonchev–Trinajstić information content (AvgIpc) is 2.49. The van der Waals surface area contributed by atoms with Crippen LogP contribution in [0.4, 0.5) is 0 Å². The minimum absolute atomic E-state index is 0.806. The van der Waals surface area contributed by atoms with Gasteiger partial charge in [0.2, 0.25) is 0 Å². The van der Waals surface area contributed by atoms with Crippen LogP contribution in [0.3, 0.4) is 0 Å². The molecular weight excluding hydrogens is 196 g/mol. The molecule has 1 rings (SSSR count). The Morgan fingerprint density at radius 2 is 2.00 bits per heavy atom. The van der Waals surface area contributed by atoms with Crippen molar-refractivity contribution in [2.75, 3.05) is 26.2 Å². The molecule has 0 amide bonds. The van der Waals surface area contributed by atoms with E-state index in [1.807, 2.05) is 0 Å². The molecule has 0 radical (unpaired) electrons. The number of hydrogen-bond acceptors (Lipinski definition) is 2. The SMILES string of the molecule is CCCCCNCCN1CCCCCC1C. The molecule has 2 heteroatoms. The molecule has 2 nitrogen and oxygen atoms in total. The van der Waals surface area contributed by atoms with Crippen LogP contribution in [0.15, 0.2) is 0 Å². The van der Waals surface area contributed by atoms with Crippen LogP contribution < -0.4 is 5.32 Å². The summed E-state index contributed by atoms with van der Waals surface area (Å²) in [6, 6.07) is 0.806. The minimum atomic E-state index is 0.806. The molecular formula is C14H30N2. The fraction of sp³-hybridized carbons (Fsp3) is 1.00. The number of rotatable bonds is 7. The van der Waals surface area contributed by atoms with E-state index in [0.29, 0.717) is 0 Å². The van der Waals surface area contributed by atoms with Crippen molar-refractivity contribution in [2.24, 2.45) is 0 Å². The third kappa shape index (κ3) is 5.86. The fourth-order valence-corrected chi connectivity index (χ4v) is 2.51. The van der Waals surface area contributed by atoms with Crippen molar-refractivity contribution in [1.82, 2.24) is 10.2 Å². The summed E-state index contributed by atoms with van der Waals surface area (Å²) < 4.78 is 0. The van der Waals surface area contributed by atoms with Gasteiger partial charge in [0.25, 0.3) is 0 Å². The Morgan fingerprint density at radius 1 is 1.12 bits per heavy atom. The Balaban J connectivity index is 2.01. The van der Waals surface area contributed by atoms with Gasteiger partial charge in [-0.2, -0.15) is 0 Å². The Morgan fingerprint density at radius 3 is 2.81 bits per heavy atom. The highest BCUT2D eigenvalue weighted by atomic mass is 15.2. The lowest BCUT2D eigenvalue weighted by molar-refractivity contribution is 0.214. The molecule has 1 unspecified atom stereocenters. The second-order valence-electron chi connectivity index (χ2n) is 5.19. The molecule has 96 valence electrons. The summed E-state index contributed by atoms with van der Waals surface area (Å²) >= 11 is 0. The van der Waals surface area contributed by atoms with Gasteiger partial charge in [-0.1, -0.05) is 32.6 Å². The van der Waals surface area contributed by atoms with Crippen molar-refractivity contribution >= 4 is 0 Å². The molecule has 0 aromatic rings. The van der Waals surface area contributed by atoms with Gasteiger partial charge < -0.3 is 5.32 Å². The first-order valence-electron chi connectivity index (χ1n) is 7.29. The lowest BCUT2D eigenvalue weighted by Gasteiger charge is -2.26. The van der Waals surface area contributed by atoms with Gasteiger partial charge in [-0.05, 0) is 39.3 Å². The second kappa shape index (κ2) is 9.00. The highest BCUT2D eigenvalue weighted by Gasteiger charge is 2.15. The van der Waals surface area contributed by atoms with Gasteiger partial charge in [0, 0.05) is 19.1 Å². The lowest BCUT2D eigenvalue weighted by atomic mass is 10.1. The number of hydrogen-bond donors (Lipinski definition) is 1. The largest absolute Gasteiger partial charge is 0.315 e. The molecule has 1 fully saturated rings. The summed E-state index contributed by atoms with van der Waals surface area (Å²) in [5.41, 5.74) is 0. The fourth-order valence-electron chi connectivity index (χ4n) is 2.51. The van der Waals surface area contributed by atoms with Crippen LogP contribution >= 0.6 is 0 Å². The van der Waals surface area contributed by atoms with Crippen LogP contribution in [-0.2, 0) is 0 Å². The van der Waals surface area contributed by atoms with Crippen LogP contribution in [0.5, 0.6) is 0 Å². The Labute approximate surface area is 102 Å². The van der Waals surface area contributed by atoms with Crippen molar-refractivity contribution in [3.05, 3.63) is 0 Å². The molecule has 0 aromatic heterocycles. The zero-order valence-corrected chi connectivity index (χ0v) is 11.3. The van der Waals surface area contributed by atoms with Gasteiger partial charge in [-0.3, -0.25) is 4.90 Å². The van der Waals surface area contributed by atoms with Crippen molar-refractivity contribution in [1.29, 1.82) is 0 Å². The molecule has 1 aliphatic heterocycles. The van der Waals surface area contributed by atoms with Crippen molar-refractivity contribution < 1.29 is 0 Å². The predicted molar refractivity (Wildman–Crippen MR) is 71.9 cm³/mol. The van der Waals surface area contributed by atoms with E-state index in [1.165, 1.54) is 71.1 Å². The smallest absolute Gasteiger partial charge is 0.0110 e. The van der Waals surface area contributed by atoms with Crippen molar-refractivity contribution in [3.8, 4) is 0 Å². The quantitative estimate of drug-likeness (QED) is 0.671. The van der Waals surface area contributed by atoms with E-state index in [2.05, 4.69) is 24.1 Å². The van der Waals surface area contributed by atoms with E-state index in [9.17, 15) is 0 Å². The third-order valence-electron chi connectivity index (χ3n) is 3.72. The summed E-state index contributed by atoms with van der Waals surface area (Å²) in [6.07, 6.45) is 9.70. The van der Waals surface area contributed by atoms with E-state index in [0.717, 1.165) is 6.04 Å². The molecule has 0 aliphatic carbocycles. The van der Waals surface area contributed by atoms with E-state index in [4.69, 9.17) is 0 Å². The number of unbranched alkanes of at least 4 members (excludes halogenated alkanes) is 2. The molecule has 1 N–H and O–H groups in total. The molecule has 16 heavy (non-hydrogen) atoms. The monoisotopic (exact) mass is 226 g/mol. The first kappa shape index (κ1) is 14.0. The average molecular weight is 226 g/mol. The van der Waals surface area contributed by atoms with Gasteiger partial charge in [0.15, 0.2) is 0 Å². The summed E-state index contributed by atoms with van der Waals surface area (Å²) in [4.78, 5) is 2.67. The Bertz CT molecular complexity index is 159. The number of likely N-dealkylation sites (tertiary alicyclic amines) is 1. The van der Waals surface area contributed by atoms with Crippen molar-refractivity contribution in [3.63, 3.8) is 0 Å². The topological polar surface area (TPSA) is 15.3 Å². The molecule has 1 aliphatic rings. The van der Waals surface area contributed by atoms with Gasteiger partial charge in [-0.25, -0.2) is 0 Å². The molecule has 0 aromatic carbocycles. The summed E-state index contributed by atoms with van der Waals surface area (Å²) in [5, 5.41) is 3.57. The summed E-state index contributed by atoms with van der Waals surface area (Å²) in [6.45, 7) is 9.59. The lowest BCUT2D eigenvalue weighted by Crippen LogP contribution is -2.38. The molecule has 0 saturated carbocycles. The number of nitrogens with one attached hydrogen (secondary N) is 1. The standard InChI is InChI=1S/C14H30N2/c1-3-4-7-10-15-11-13-16-12-8-5-6-9-14(16)2/h14-15H,3-13H2,1-2H3. The van der Waals surface area contributed by atoms with Crippen LogP contribution in [0.2, 0.25) is 0 Å². The van der Waals surface area contributed by atoms with E-state index in [-0.39, 0.29) is 0 Å². The molecule has 1 saturated heterocycles. The summed E-state index contributed by atoms with van der Waals surface area (Å²) in [7, 11) is 0. The zero-order chi connectivity index (χ0) is 11.6. The zero-order valence-electron chi connectivity index (χ0n) is 11.3. The summed E-state index contributed by atoms with van der Waals surface area (Å²) in [5.74, 6) is 0. The van der Waals surface area contributed by atoms with E-state index < -0.39 is 0 Å². The normalized spacial score (nSPS) is 23.2. The van der Waals surface area contributed by atoms with Crippen LogP contribution in [0.25, 0.3) is 0 Å². The van der Waals surface area contributed by atoms with Crippen LogP contribution in [-0.4, -0.2) is 37.1 Å². The molecule has 0 spiro atoms. The van der Waals surface area contributed by atoms with Crippen molar-refractivity contribution in [2.45, 2.75) is 64.8 Å². The number of nitrogens with zero attached hydrogens (tertiary/aromatic N) is 1. The maximum Gasteiger partial charge on any atom is 0.0110 e. The minimum Gasteiger partial charge on any atom is -0.315 e. The first-order valence-corrected chi connectivity index (χ1v) is 7.29. The maximum atomic E-state index is 3.57. The van der Waals surface area contributed by atoms with Gasteiger partial charge in [0.1, 0.15) is 0 Å². The van der Waals surface area contributed by atoms with Gasteiger partial charge in [0.05, 0.1) is 0 Å². The third-order valence-corrected chi connectivity index (χ3v) is 3.72. The highest BCUT2D eigenvalue weighted by molar-refractivity contribution is 4.72. The van der Waals surface area contributed by atoms with Gasteiger partial charge in [-0.15, -0.1) is 0 Å². The predicted octanol–water partition coefficient (Wildman–Crippen LogP) is 3.03. The second-order valence-corrected chi connectivity index (χ2v) is 5.19. The highest BCUT2D eigenvalue weighted by Crippen LogP contribution is 2.15.